The Hall–Kier alpha value is -3.84. The summed E-state index contributed by atoms with van der Waals surface area (Å²) in [5.74, 6) is -2.59. The monoisotopic (exact) mass is 632 g/mol. The predicted molar refractivity (Wildman–Crippen MR) is 179 cm³/mol. The predicted octanol–water partition coefficient (Wildman–Crippen LogP) is 6.55. The Morgan fingerprint density at radius 2 is 1.38 bits per heavy atom. The third-order valence-corrected chi connectivity index (χ3v) is 12.0. The van der Waals surface area contributed by atoms with Crippen LogP contribution in [0.4, 0.5) is 0 Å². The molecule has 7 atom stereocenters. The number of esters is 1. The molecule has 6 heteroatoms. The molecule has 0 heterocycles. The number of hydrogen-bond acceptors (Lipinski definition) is 6. The van der Waals surface area contributed by atoms with Crippen molar-refractivity contribution in [3.8, 4) is 0 Å². The molecule has 244 valence electrons. The number of carbonyl (C=O) groups is 2. The van der Waals surface area contributed by atoms with E-state index in [0.717, 1.165) is 22.3 Å². The highest BCUT2D eigenvalue weighted by molar-refractivity contribution is 6.04. The maximum atomic E-state index is 13.8. The quantitative estimate of drug-likeness (QED) is 0.175. The number of carbonyl (C=O) groups excluding carboxylic acids is 2. The summed E-state index contributed by atoms with van der Waals surface area (Å²) in [6.07, 6.45) is 4.30. The van der Waals surface area contributed by atoms with Gasteiger partial charge < -0.3 is 19.7 Å². The Labute approximate surface area is 277 Å². The van der Waals surface area contributed by atoms with Crippen molar-refractivity contribution >= 4 is 11.8 Å². The third kappa shape index (κ3) is 4.41. The van der Waals surface area contributed by atoms with Gasteiger partial charge in [-0.2, -0.15) is 0 Å². The van der Waals surface area contributed by atoms with E-state index in [0.29, 0.717) is 12.0 Å². The van der Waals surface area contributed by atoms with Crippen LogP contribution in [0.2, 0.25) is 0 Å². The first-order chi connectivity index (χ1) is 22.3. The van der Waals surface area contributed by atoms with Crippen LogP contribution < -0.4 is 0 Å². The molecule has 0 spiro atoms. The molecule has 2 fully saturated rings. The molecule has 0 aromatic heterocycles. The van der Waals surface area contributed by atoms with E-state index < -0.39 is 39.7 Å². The van der Waals surface area contributed by atoms with Crippen LogP contribution in [0.25, 0.3) is 0 Å². The zero-order chi connectivity index (χ0) is 33.4. The van der Waals surface area contributed by atoms with Crippen molar-refractivity contribution in [2.75, 3.05) is 6.61 Å². The molecule has 0 amide bonds. The Morgan fingerprint density at radius 3 is 1.87 bits per heavy atom. The summed E-state index contributed by atoms with van der Waals surface area (Å²) in [5.41, 5.74) is -1.43. The van der Waals surface area contributed by atoms with Crippen LogP contribution in [0.3, 0.4) is 0 Å². The van der Waals surface area contributed by atoms with E-state index in [2.05, 4.69) is 50.2 Å². The molecule has 0 saturated heterocycles. The summed E-state index contributed by atoms with van der Waals surface area (Å²) in [6, 6.07) is 30.3. The topological polar surface area (TPSA) is 93.1 Å². The van der Waals surface area contributed by atoms with Gasteiger partial charge in [0.2, 0.25) is 0 Å². The molecule has 0 aliphatic heterocycles. The number of benzene rings is 3. The molecular weight excluding hydrogens is 588 g/mol. The largest absolute Gasteiger partial charge is 0.458 e. The average Bonchev–Trinajstić information content (AvgIpc) is 3.46. The van der Waals surface area contributed by atoms with E-state index >= 15 is 0 Å². The van der Waals surface area contributed by atoms with Crippen LogP contribution in [-0.4, -0.2) is 45.4 Å². The summed E-state index contributed by atoms with van der Waals surface area (Å²) in [7, 11) is 0. The van der Waals surface area contributed by atoms with Gasteiger partial charge >= 0.3 is 5.97 Å². The van der Waals surface area contributed by atoms with Gasteiger partial charge in [0.25, 0.3) is 0 Å². The van der Waals surface area contributed by atoms with Crippen LogP contribution in [0.5, 0.6) is 0 Å². The number of fused-ring (bicyclic) bond motifs is 5. The summed E-state index contributed by atoms with van der Waals surface area (Å²) in [6.45, 7) is 9.38. The molecule has 7 rings (SSSR count). The molecule has 3 aromatic rings. The second kappa shape index (κ2) is 10.8. The lowest BCUT2D eigenvalue weighted by Gasteiger charge is -2.50. The van der Waals surface area contributed by atoms with Crippen molar-refractivity contribution in [1.29, 1.82) is 0 Å². The summed E-state index contributed by atoms with van der Waals surface area (Å²) in [4.78, 5) is 26.2. The Kier molecular flexibility index (Phi) is 7.32. The van der Waals surface area contributed by atoms with Gasteiger partial charge in [-0.15, -0.1) is 0 Å². The lowest BCUT2D eigenvalue weighted by molar-refractivity contribution is -0.186. The van der Waals surface area contributed by atoms with Gasteiger partial charge in [0.1, 0.15) is 16.8 Å². The SMILES string of the molecule is CC(=O)O[C@@]12C[C@@H](C)[C@@]3(O)[C@@H](C=C(COC(c4ccccc4)(c4ccccc4)c4ccccc4)C[C@]4(O)C(=O)C(C)=C[C@@H]34)[C@H]1C2(C)C. The van der Waals surface area contributed by atoms with Crippen LogP contribution in [0, 0.1) is 29.1 Å². The van der Waals surface area contributed by atoms with Crippen LogP contribution in [0.15, 0.2) is 114 Å². The number of aliphatic hydroxyl groups is 2. The van der Waals surface area contributed by atoms with Gasteiger partial charge in [-0.25, -0.2) is 0 Å². The second-order valence-electron chi connectivity index (χ2n) is 14.9. The Balaban J connectivity index is 1.38. The third-order valence-electron chi connectivity index (χ3n) is 12.0. The normalized spacial score (nSPS) is 33.8. The summed E-state index contributed by atoms with van der Waals surface area (Å²) in [5, 5.41) is 25.3. The number of ketones is 1. The standard InChI is InChI=1S/C41H44O6/c1-26-21-34-38(44,36(26)43)24-29(22-33-35-37(4,5)39(35,47-28(3)42)23-27(2)40(33,34)45)25-46-41(30-15-9-6-10-16-30,31-17-11-7-12-18-31)32-19-13-8-14-20-32/h6-22,27,33-35,44-45H,23-25H2,1-5H3/t27-,33+,34-,35+,38-,39+,40-/m1/s1. The van der Waals surface area contributed by atoms with Gasteiger partial charge in [0, 0.05) is 36.5 Å². The van der Waals surface area contributed by atoms with E-state index in [9.17, 15) is 19.8 Å². The lowest BCUT2D eigenvalue weighted by Crippen LogP contribution is -2.61. The number of rotatable bonds is 7. The zero-order valence-corrected chi connectivity index (χ0v) is 27.8. The molecule has 3 aromatic carbocycles. The molecule has 2 saturated carbocycles. The van der Waals surface area contributed by atoms with Crippen molar-refractivity contribution in [2.24, 2.45) is 29.1 Å². The van der Waals surface area contributed by atoms with E-state index in [1.54, 1.807) is 13.0 Å². The lowest BCUT2D eigenvalue weighted by atomic mass is 9.60. The van der Waals surface area contributed by atoms with E-state index in [1.807, 2.05) is 67.6 Å². The highest BCUT2D eigenvalue weighted by atomic mass is 16.6. The maximum Gasteiger partial charge on any atom is 0.303 e. The fourth-order valence-corrected chi connectivity index (χ4v) is 9.81. The molecule has 0 unspecified atom stereocenters. The van der Waals surface area contributed by atoms with Gasteiger partial charge in [-0.1, -0.05) is 124 Å². The first kappa shape index (κ1) is 31.7. The molecule has 2 N–H and O–H groups in total. The number of Topliss-reactive ketones (excluding diaryl/α,β-unsaturated/α-hetero) is 1. The smallest absolute Gasteiger partial charge is 0.303 e. The minimum atomic E-state index is -1.83. The first-order valence-electron chi connectivity index (χ1n) is 16.7. The maximum absolute atomic E-state index is 13.8. The Morgan fingerprint density at radius 1 is 0.872 bits per heavy atom. The van der Waals surface area contributed by atoms with Crippen LogP contribution >= 0.6 is 0 Å². The molecule has 4 aliphatic carbocycles. The van der Waals surface area contributed by atoms with Gasteiger partial charge in [0.05, 0.1) is 12.2 Å². The van der Waals surface area contributed by atoms with E-state index in [-0.39, 0.29) is 36.6 Å². The molecule has 4 aliphatic rings. The minimum absolute atomic E-state index is 0.0258. The van der Waals surface area contributed by atoms with Crippen LogP contribution in [0.1, 0.15) is 64.2 Å². The van der Waals surface area contributed by atoms with Crippen molar-refractivity contribution < 1.29 is 29.3 Å². The molecule has 0 bridgehead atoms. The molecule has 47 heavy (non-hydrogen) atoms. The van der Waals surface area contributed by atoms with Crippen molar-refractivity contribution in [2.45, 2.75) is 69.9 Å². The zero-order valence-electron chi connectivity index (χ0n) is 27.8. The number of hydrogen-bond donors (Lipinski definition) is 2. The Bertz CT molecular complexity index is 1660. The fraction of sp³-hybridized carbons (Fsp3) is 0.415. The van der Waals surface area contributed by atoms with Crippen molar-refractivity contribution in [3.05, 3.63) is 131 Å². The summed E-state index contributed by atoms with van der Waals surface area (Å²) >= 11 is 0. The van der Waals surface area contributed by atoms with Gasteiger partial charge in [-0.05, 0) is 47.1 Å². The second-order valence-corrected chi connectivity index (χ2v) is 14.9. The van der Waals surface area contributed by atoms with Crippen molar-refractivity contribution in [1.82, 2.24) is 0 Å². The highest BCUT2D eigenvalue weighted by Crippen LogP contribution is 2.76. The summed E-state index contributed by atoms with van der Waals surface area (Å²) < 4.78 is 13.3. The molecular formula is C41H44O6. The molecule has 0 radical (unpaired) electrons. The van der Waals surface area contributed by atoms with Crippen molar-refractivity contribution in [3.63, 3.8) is 0 Å². The number of ether oxygens (including phenoxy) is 2. The minimum Gasteiger partial charge on any atom is -0.458 e. The average molecular weight is 633 g/mol. The van der Waals surface area contributed by atoms with E-state index in [4.69, 9.17) is 9.47 Å². The first-order valence-corrected chi connectivity index (χ1v) is 16.7. The highest BCUT2D eigenvalue weighted by Gasteiger charge is 2.83. The van der Waals surface area contributed by atoms with E-state index in [1.165, 1.54) is 6.92 Å². The van der Waals surface area contributed by atoms with Gasteiger partial charge in [-0.3, -0.25) is 9.59 Å². The van der Waals surface area contributed by atoms with Gasteiger partial charge in [0.15, 0.2) is 5.78 Å². The van der Waals surface area contributed by atoms with Crippen LogP contribution in [-0.2, 0) is 24.7 Å². The fourth-order valence-electron chi connectivity index (χ4n) is 9.81. The molecule has 6 nitrogen and oxygen atoms in total.